The molecule has 2 aromatic rings. The number of hydrogen-bond donors (Lipinski definition) is 1. The van der Waals surface area contributed by atoms with Crippen molar-refractivity contribution in [2.45, 2.75) is 26.3 Å². The van der Waals surface area contributed by atoms with Crippen LogP contribution in [0.25, 0.3) is 0 Å². The summed E-state index contributed by atoms with van der Waals surface area (Å²) in [5, 5.41) is 3.15. The summed E-state index contributed by atoms with van der Waals surface area (Å²) in [5.74, 6) is 0.532. The Morgan fingerprint density at radius 1 is 1.27 bits per heavy atom. The molecule has 0 saturated carbocycles. The largest absolute Gasteiger partial charge is 0.364 e. The lowest BCUT2D eigenvalue weighted by Crippen LogP contribution is -2.28. The van der Waals surface area contributed by atoms with E-state index in [-0.39, 0.29) is 5.91 Å². The van der Waals surface area contributed by atoms with Crippen LogP contribution in [-0.2, 0) is 6.54 Å². The van der Waals surface area contributed by atoms with Gasteiger partial charge in [-0.15, -0.1) is 0 Å². The number of anilines is 1. The second-order valence-electron chi connectivity index (χ2n) is 5.04. The van der Waals surface area contributed by atoms with Gasteiger partial charge in [0.15, 0.2) is 0 Å². The predicted octanol–water partition coefficient (Wildman–Crippen LogP) is 2.36. The Morgan fingerprint density at radius 2 is 2.14 bits per heavy atom. The van der Waals surface area contributed by atoms with E-state index in [9.17, 15) is 4.79 Å². The van der Waals surface area contributed by atoms with Crippen LogP contribution in [0.5, 0.6) is 0 Å². The van der Waals surface area contributed by atoms with Crippen LogP contribution < -0.4 is 5.32 Å². The number of amides is 1. The maximum Gasteiger partial charge on any atom is 0.272 e. The fourth-order valence-electron chi connectivity index (χ4n) is 1.95. The van der Waals surface area contributed by atoms with Gasteiger partial charge in [-0.05, 0) is 18.6 Å². The number of pyridine rings is 1. The fourth-order valence-corrected chi connectivity index (χ4v) is 1.95. The van der Waals surface area contributed by atoms with Crippen molar-refractivity contribution in [1.82, 2.24) is 19.9 Å². The van der Waals surface area contributed by atoms with Gasteiger partial charge in [-0.3, -0.25) is 9.78 Å². The molecule has 2 heterocycles. The lowest BCUT2D eigenvalue weighted by Gasteiger charge is -2.16. The van der Waals surface area contributed by atoms with Gasteiger partial charge in [0.05, 0.1) is 12.2 Å². The number of nitrogens with one attached hydrogen (secondary N) is 1. The highest BCUT2D eigenvalue weighted by molar-refractivity contribution is 5.92. The number of carbonyl (C=O) groups is 1. The molecule has 0 atom stereocenters. The van der Waals surface area contributed by atoms with E-state index in [1.165, 1.54) is 6.33 Å². The van der Waals surface area contributed by atoms with Crippen LogP contribution in [0.3, 0.4) is 0 Å². The van der Waals surface area contributed by atoms with Gasteiger partial charge in [-0.1, -0.05) is 19.4 Å². The molecule has 2 aromatic heterocycles. The summed E-state index contributed by atoms with van der Waals surface area (Å²) in [4.78, 5) is 26.4. The van der Waals surface area contributed by atoms with E-state index in [0.29, 0.717) is 18.1 Å². The van der Waals surface area contributed by atoms with Crippen LogP contribution in [0.2, 0.25) is 0 Å². The zero-order chi connectivity index (χ0) is 15.8. The SMILES string of the molecule is CCCCN(C)C(=O)c1cc(NCc2ccccn2)ncn1. The second-order valence-corrected chi connectivity index (χ2v) is 5.04. The summed E-state index contributed by atoms with van der Waals surface area (Å²) < 4.78 is 0. The lowest BCUT2D eigenvalue weighted by atomic mass is 10.3. The average Bonchev–Trinajstić information content (AvgIpc) is 2.58. The highest BCUT2D eigenvalue weighted by Crippen LogP contribution is 2.08. The standard InChI is InChI=1S/C16H21N5O/c1-3-4-9-21(2)16(22)14-10-15(20-12-19-14)18-11-13-7-5-6-8-17-13/h5-8,10,12H,3-4,9,11H2,1-2H3,(H,18,19,20). The van der Waals surface area contributed by atoms with Gasteiger partial charge in [0, 0.05) is 25.9 Å². The summed E-state index contributed by atoms with van der Waals surface area (Å²) >= 11 is 0. The number of nitrogens with zero attached hydrogens (tertiary/aromatic N) is 4. The predicted molar refractivity (Wildman–Crippen MR) is 85.5 cm³/mol. The van der Waals surface area contributed by atoms with Crippen LogP contribution in [0.15, 0.2) is 36.8 Å². The third-order valence-electron chi connectivity index (χ3n) is 3.26. The topological polar surface area (TPSA) is 71.0 Å². The highest BCUT2D eigenvalue weighted by Gasteiger charge is 2.13. The summed E-state index contributed by atoms with van der Waals surface area (Å²) in [6.45, 7) is 3.38. The van der Waals surface area contributed by atoms with Crippen LogP contribution >= 0.6 is 0 Å². The normalized spacial score (nSPS) is 10.3. The maximum absolute atomic E-state index is 12.3. The molecule has 0 aliphatic heterocycles. The van der Waals surface area contributed by atoms with E-state index in [4.69, 9.17) is 0 Å². The molecule has 22 heavy (non-hydrogen) atoms. The minimum atomic E-state index is -0.0864. The first-order valence-corrected chi connectivity index (χ1v) is 7.42. The summed E-state index contributed by atoms with van der Waals surface area (Å²) in [6, 6.07) is 7.41. The zero-order valence-corrected chi connectivity index (χ0v) is 13.0. The summed E-state index contributed by atoms with van der Waals surface area (Å²) in [7, 11) is 1.79. The van der Waals surface area contributed by atoms with Gasteiger partial charge in [0.25, 0.3) is 5.91 Å². The van der Waals surface area contributed by atoms with Gasteiger partial charge >= 0.3 is 0 Å². The minimum absolute atomic E-state index is 0.0864. The Morgan fingerprint density at radius 3 is 2.86 bits per heavy atom. The average molecular weight is 299 g/mol. The zero-order valence-electron chi connectivity index (χ0n) is 13.0. The molecule has 0 radical (unpaired) electrons. The Hall–Kier alpha value is -2.50. The highest BCUT2D eigenvalue weighted by atomic mass is 16.2. The smallest absolute Gasteiger partial charge is 0.272 e. The van der Waals surface area contributed by atoms with Gasteiger partial charge in [-0.2, -0.15) is 0 Å². The van der Waals surface area contributed by atoms with Crippen LogP contribution in [-0.4, -0.2) is 39.4 Å². The van der Waals surface area contributed by atoms with Crippen LogP contribution in [0, 0.1) is 0 Å². The van der Waals surface area contributed by atoms with Crippen LogP contribution in [0.1, 0.15) is 35.9 Å². The van der Waals surface area contributed by atoms with Gasteiger partial charge in [0.1, 0.15) is 17.8 Å². The van der Waals surface area contributed by atoms with E-state index in [1.54, 1.807) is 24.2 Å². The van der Waals surface area contributed by atoms with Gasteiger partial charge in [-0.25, -0.2) is 9.97 Å². The fraction of sp³-hybridized carbons (Fsp3) is 0.375. The Bertz CT molecular complexity index is 602. The quantitative estimate of drug-likeness (QED) is 0.849. The minimum Gasteiger partial charge on any atom is -0.364 e. The van der Waals surface area contributed by atoms with Crippen molar-refractivity contribution in [1.29, 1.82) is 0 Å². The molecule has 0 saturated heterocycles. The van der Waals surface area contributed by atoms with Crippen molar-refractivity contribution in [3.8, 4) is 0 Å². The molecule has 0 unspecified atom stereocenters. The van der Waals surface area contributed by atoms with E-state index in [1.807, 2.05) is 18.2 Å². The molecule has 0 spiro atoms. The summed E-state index contributed by atoms with van der Waals surface area (Å²) in [5.41, 5.74) is 1.31. The van der Waals surface area contributed by atoms with E-state index in [2.05, 4.69) is 27.2 Å². The van der Waals surface area contributed by atoms with Crippen molar-refractivity contribution in [3.63, 3.8) is 0 Å². The monoisotopic (exact) mass is 299 g/mol. The van der Waals surface area contributed by atoms with E-state index in [0.717, 1.165) is 25.1 Å². The molecule has 116 valence electrons. The van der Waals surface area contributed by atoms with Crippen molar-refractivity contribution >= 4 is 11.7 Å². The molecule has 1 N–H and O–H groups in total. The molecule has 1 amide bonds. The molecule has 6 nitrogen and oxygen atoms in total. The first-order valence-electron chi connectivity index (χ1n) is 7.42. The molecule has 0 aliphatic carbocycles. The molecule has 6 heteroatoms. The number of aromatic nitrogens is 3. The Balaban J connectivity index is 1.98. The van der Waals surface area contributed by atoms with Crippen molar-refractivity contribution in [2.75, 3.05) is 18.9 Å². The number of unbranched alkanes of at least 4 members (excludes halogenated alkanes) is 1. The summed E-state index contributed by atoms with van der Waals surface area (Å²) in [6.07, 6.45) is 5.19. The molecular formula is C16H21N5O. The first-order chi connectivity index (χ1) is 10.7. The molecular weight excluding hydrogens is 278 g/mol. The van der Waals surface area contributed by atoms with Crippen molar-refractivity contribution in [2.24, 2.45) is 0 Å². The lowest BCUT2D eigenvalue weighted by molar-refractivity contribution is 0.0787. The van der Waals surface area contributed by atoms with Crippen molar-refractivity contribution in [3.05, 3.63) is 48.2 Å². The molecule has 0 aromatic carbocycles. The second kappa shape index (κ2) is 8.07. The third kappa shape index (κ3) is 4.51. The number of hydrogen-bond acceptors (Lipinski definition) is 5. The third-order valence-corrected chi connectivity index (χ3v) is 3.26. The molecule has 2 rings (SSSR count). The van der Waals surface area contributed by atoms with Gasteiger partial charge < -0.3 is 10.2 Å². The van der Waals surface area contributed by atoms with E-state index < -0.39 is 0 Å². The Labute approximate surface area is 130 Å². The van der Waals surface area contributed by atoms with Crippen LogP contribution in [0.4, 0.5) is 5.82 Å². The molecule has 0 aliphatic rings. The number of rotatable bonds is 7. The number of carbonyl (C=O) groups excluding carboxylic acids is 1. The van der Waals surface area contributed by atoms with E-state index >= 15 is 0 Å². The molecule has 0 bridgehead atoms. The molecule has 0 fully saturated rings. The maximum atomic E-state index is 12.3. The van der Waals surface area contributed by atoms with Gasteiger partial charge in [0.2, 0.25) is 0 Å². The first kappa shape index (κ1) is 15.9. The van der Waals surface area contributed by atoms with Crippen molar-refractivity contribution < 1.29 is 4.79 Å². The Kier molecular flexibility index (Phi) is 5.82.